The Morgan fingerprint density at radius 3 is 2.67 bits per heavy atom. The second kappa shape index (κ2) is 8.42. The SMILES string of the molecule is COC(=O)c1ccc(CN=CC(=CN)c2cnc3ccc(Cl)nc3c2)cc1. The van der Waals surface area contributed by atoms with Crippen LogP contribution in [0.3, 0.4) is 0 Å². The Hall–Kier alpha value is -3.25. The van der Waals surface area contributed by atoms with Crippen LogP contribution in [0, 0.1) is 0 Å². The number of methoxy groups -OCH3 is 1. The number of fused-ring (bicyclic) bond motifs is 1. The van der Waals surface area contributed by atoms with Crippen LogP contribution in [0.15, 0.2) is 59.9 Å². The minimum absolute atomic E-state index is 0.365. The molecule has 0 aliphatic heterocycles. The predicted molar refractivity (Wildman–Crippen MR) is 107 cm³/mol. The van der Waals surface area contributed by atoms with Gasteiger partial charge in [0.25, 0.3) is 0 Å². The van der Waals surface area contributed by atoms with Gasteiger partial charge in [0, 0.05) is 29.7 Å². The number of nitrogens with two attached hydrogens (primary N) is 1. The third-order valence-electron chi connectivity index (χ3n) is 3.90. The second-order valence-electron chi connectivity index (χ2n) is 5.68. The first-order valence-electron chi connectivity index (χ1n) is 8.12. The molecule has 0 saturated heterocycles. The van der Waals surface area contributed by atoms with Gasteiger partial charge < -0.3 is 10.5 Å². The average molecular weight is 381 g/mol. The lowest BCUT2D eigenvalue weighted by molar-refractivity contribution is 0.0600. The molecule has 1 aromatic carbocycles. The maximum Gasteiger partial charge on any atom is 0.337 e. The number of pyridine rings is 2. The zero-order valence-electron chi connectivity index (χ0n) is 14.6. The number of esters is 1. The fraction of sp³-hybridized carbons (Fsp3) is 0.100. The van der Waals surface area contributed by atoms with Gasteiger partial charge in [0.2, 0.25) is 0 Å². The molecular formula is C20H17ClN4O2. The van der Waals surface area contributed by atoms with Crippen LogP contribution in [0.5, 0.6) is 0 Å². The Morgan fingerprint density at radius 2 is 1.96 bits per heavy atom. The molecule has 27 heavy (non-hydrogen) atoms. The first-order valence-corrected chi connectivity index (χ1v) is 8.50. The molecule has 0 aliphatic rings. The van der Waals surface area contributed by atoms with Crippen molar-refractivity contribution in [2.45, 2.75) is 6.54 Å². The lowest BCUT2D eigenvalue weighted by Crippen LogP contribution is -2.00. The van der Waals surface area contributed by atoms with Crippen molar-refractivity contribution in [1.29, 1.82) is 0 Å². The van der Waals surface area contributed by atoms with Gasteiger partial charge in [-0.1, -0.05) is 23.7 Å². The van der Waals surface area contributed by atoms with Crippen LogP contribution in [0.25, 0.3) is 16.6 Å². The summed E-state index contributed by atoms with van der Waals surface area (Å²) in [7, 11) is 1.35. The van der Waals surface area contributed by atoms with Gasteiger partial charge >= 0.3 is 5.97 Å². The molecule has 2 N–H and O–H groups in total. The second-order valence-corrected chi connectivity index (χ2v) is 6.06. The van der Waals surface area contributed by atoms with E-state index in [9.17, 15) is 4.79 Å². The molecule has 0 saturated carbocycles. The monoisotopic (exact) mass is 380 g/mol. The number of carbonyl (C=O) groups is 1. The average Bonchev–Trinajstić information content (AvgIpc) is 2.70. The molecule has 0 radical (unpaired) electrons. The first-order chi connectivity index (χ1) is 13.1. The number of aliphatic imine (C=N–C) groups is 1. The van der Waals surface area contributed by atoms with E-state index in [0.29, 0.717) is 22.8 Å². The van der Waals surface area contributed by atoms with Crippen molar-refractivity contribution in [2.75, 3.05) is 7.11 Å². The van der Waals surface area contributed by atoms with Gasteiger partial charge in [0.15, 0.2) is 0 Å². The number of carbonyl (C=O) groups excluding carboxylic acids is 1. The summed E-state index contributed by atoms with van der Waals surface area (Å²) in [6.45, 7) is 0.448. The third-order valence-corrected chi connectivity index (χ3v) is 4.11. The van der Waals surface area contributed by atoms with Crippen molar-refractivity contribution >= 4 is 40.4 Å². The molecule has 3 rings (SSSR count). The lowest BCUT2D eigenvalue weighted by Gasteiger charge is -2.04. The molecule has 136 valence electrons. The van der Waals surface area contributed by atoms with Crippen LogP contribution < -0.4 is 5.73 Å². The Kier molecular flexibility index (Phi) is 5.78. The fourth-order valence-corrected chi connectivity index (χ4v) is 2.62. The zero-order chi connectivity index (χ0) is 19.2. The van der Waals surface area contributed by atoms with E-state index in [2.05, 4.69) is 19.7 Å². The standard InChI is InChI=1S/C20H17ClN4O2/c1-27-20(26)14-4-2-13(3-5-14)10-23-11-16(9-22)15-8-18-17(24-12-15)6-7-19(21)25-18/h2-9,11-12H,10,22H2,1H3. The van der Waals surface area contributed by atoms with Crippen LogP contribution >= 0.6 is 11.6 Å². The van der Waals surface area contributed by atoms with Crippen molar-refractivity contribution in [3.8, 4) is 0 Å². The van der Waals surface area contributed by atoms with Gasteiger partial charge in [-0.05, 0) is 35.9 Å². The zero-order valence-corrected chi connectivity index (χ0v) is 15.3. The quantitative estimate of drug-likeness (QED) is 0.414. The van der Waals surface area contributed by atoms with E-state index in [4.69, 9.17) is 17.3 Å². The molecule has 0 bridgehead atoms. The van der Waals surface area contributed by atoms with E-state index in [1.54, 1.807) is 30.6 Å². The molecule has 0 amide bonds. The van der Waals surface area contributed by atoms with Gasteiger partial charge in [-0.25, -0.2) is 9.78 Å². The topological polar surface area (TPSA) is 90.5 Å². The minimum Gasteiger partial charge on any atom is -0.465 e. The van der Waals surface area contributed by atoms with Crippen LogP contribution in [0.2, 0.25) is 5.15 Å². The first kappa shape index (κ1) is 18.5. The smallest absolute Gasteiger partial charge is 0.337 e. The molecular weight excluding hydrogens is 364 g/mol. The van der Waals surface area contributed by atoms with Crippen LogP contribution in [-0.2, 0) is 11.3 Å². The summed E-state index contributed by atoms with van der Waals surface area (Å²) in [5, 5.41) is 0.406. The summed E-state index contributed by atoms with van der Waals surface area (Å²) < 4.78 is 4.68. The van der Waals surface area contributed by atoms with Crippen molar-refractivity contribution in [3.63, 3.8) is 0 Å². The van der Waals surface area contributed by atoms with E-state index in [1.807, 2.05) is 24.3 Å². The number of ether oxygens (including phenoxy) is 1. The summed E-state index contributed by atoms with van der Waals surface area (Å²) in [6.07, 6.45) is 4.87. The molecule has 7 heteroatoms. The number of hydrogen-bond acceptors (Lipinski definition) is 6. The molecule has 0 atom stereocenters. The Bertz CT molecular complexity index is 1030. The normalized spacial score (nSPS) is 11.9. The van der Waals surface area contributed by atoms with E-state index in [-0.39, 0.29) is 5.97 Å². The molecule has 0 unspecified atom stereocenters. The van der Waals surface area contributed by atoms with E-state index in [1.165, 1.54) is 13.3 Å². The molecule has 2 aromatic heterocycles. The maximum atomic E-state index is 11.4. The van der Waals surface area contributed by atoms with Crippen LogP contribution in [0.1, 0.15) is 21.5 Å². The third kappa shape index (κ3) is 4.48. The van der Waals surface area contributed by atoms with Crippen LogP contribution in [-0.4, -0.2) is 29.3 Å². The lowest BCUT2D eigenvalue weighted by atomic mass is 10.1. The van der Waals surface area contributed by atoms with Crippen molar-refractivity contribution < 1.29 is 9.53 Å². The molecule has 6 nitrogen and oxygen atoms in total. The number of halogens is 1. The number of hydrogen-bond donors (Lipinski definition) is 1. The molecule has 0 spiro atoms. The highest BCUT2D eigenvalue weighted by Crippen LogP contribution is 2.18. The number of nitrogens with zero attached hydrogens (tertiary/aromatic N) is 3. The molecule has 2 heterocycles. The highest BCUT2D eigenvalue weighted by molar-refractivity contribution is 6.29. The summed E-state index contributed by atoms with van der Waals surface area (Å²) in [4.78, 5) is 24.5. The van der Waals surface area contributed by atoms with E-state index in [0.717, 1.165) is 22.2 Å². The van der Waals surface area contributed by atoms with Crippen molar-refractivity contribution in [3.05, 3.63) is 76.7 Å². The number of rotatable bonds is 5. The van der Waals surface area contributed by atoms with Gasteiger partial charge in [-0.2, -0.15) is 0 Å². The van der Waals surface area contributed by atoms with E-state index < -0.39 is 0 Å². The number of allylic oxidation sites excluding steroid dienone is 1. The molecule has 0 aliphatic carbocycles. The minimum atomic E-state index is -0.365. The highest BCUT2D eigenvalue weighted by Gasteiger charge is 2.05. The summed E-state index contributed by atoms with van der Waals surface area (Å²) in [5.74, 6) is -0.365. The van der Waals surface area contributed by atoms with E-state index >= 15 is 0 Å². The van der Waals surface area contributed by atoms with Crippen LogP contribution in [0.4, 0.5) is 0 Å². The largest absolute Gasteiger partial charge is 0.465 e. The summed E-state index contributed by atoms with van der Waals surface area (Å²) in [5.41, 5.74) is 10.2. The summed E-state index contributed by atoms with van der Waals surface area (Å²) >= 11 is 5.94. The molecule has 0 fully saturated rings. The predicted octanol–water partition coefficient (Wildman–Crippen LogP) is 3.64. The molecule has 3 aromatic rings. The van der Waals surface area contributed by atoms with Crippen molar-refractivity contribution in [1.82, 2.24) is 9.97 Å². The Morgan fingerprint density at radius 1 is 1.19 bits per heavy atom. The van der Waals surface area contributed by atoms with Gasteiger partial charge in [0.1, 0.15) is 5.15 Å². The maximum absolute atomic E-state index is 11.4. The van der Waals surface area contributed by atoms with Gasteiger partial charge in [-0.3, -0.25) is 9.98 Å². The highest BCUT2D eigenvalue weighted by atomic mass is 35.5. The Labute approximate surface area is 161 Å². The van der Waals surface area contributed by atoms with Crippen molar-refractivity contribution in [2.24, 2.45) is 10.7 Å². The number of benzene rings is 1. The van der Waals surface area contributed by atoms with Gasteiger partial charge in [-0.15, -0.1) is 0 Å². The Balaban J connectivity index is 1.74. The summed E-state index contributed by atoms with van der Waals surface area (Å²) in [6, 6.07) is 12.5. The fourth-order valence-electron chi connectivity index (χ4n) is 2.47. The number of aromatic nitrogens is 2. The van der Waals surface area contributed by atoms with Gasteiger partial charge in [0.05, 0.1) is 30.3 Å².